The molecule has 0 aliphatic carbocycles. The fourth-order valence-corrected chi connectivity index (χ4v) is 1.15. The van der Waals surface area contributed by atoms with E-state index < -0.39 is 12.1 Å². The molecule has 4 heteroatoms. The third-order valence-corrected chi connectivity index (χ3v) is 1.76. The topological polar surface area (TPSA) is 72.5 Å². The number of carboxylic acid groups (broad SMARTS) is 1. The first kappa shape index (κ1) is 7.50. The Morgan fingerprint density at radius 1 is 1.80 bits per heavy atom. The van der Waals surface area contributed by atoms with Gasteiger partial charge in [0.05, 0.1) is 0 Å². The molecule has 1 rings (SSSR count). The fraction of sp³-hybridized carbons (Fsp3) is 0.833. The molecule has 0 unspecified atom stereocenters. The highest BCUT2D eigenvalue weighted by Crippen LogP contribution is 2.19. The number of rotatable bonds is 2. The van der Waals surface area contributed by atoms with Crippen molar-refractivity contribution in [2.24, 2.45) is 11.7 Å². The Kier molecular flexibility index (Phi) is 2.24. The van der Waals surface area contributed by atoms with Crippen molar-refractivity contribution in [3.8, 4) is 0 Å². The minimum atomic E-state index is -0.895. The molecule has 0 aromatic rings. The zero-order chi connectivity index (χ0) is 7.56. The Balaban J connectivity index is 2.50. The average molecular weight is 145 g/mol. The molecule has 4 nitrogen and oxygen atoms in total. The van der Waals surface area contributed by atoms with Gasteiger partial charge in [-0.3, -0.25) is 0 Å². The zero-order valence-electron chi connectivity index (χ0n) is 5.62. The molecule has 0 spiro atoms. The molecule has 0 amide bonds. The van der Waals surface area contributed by atoms with Gasteiger partial charge in [-0.2, -0.15) is 0 Å². The molecule has 0 saturated carbocycles. The van der Waals surface area contributed by atoms with Gasteiger partial charge in [0.15, 0.2) is 6.10 Å². The maximum absolute atomic E-state index is 10.4. The van der Waals surface area contributed by atoms with Crippen LogP contribution in [0.25, 0.3) is 0 Å². The van der Waals surface area contributed by atoms with E-state index in [4.69, 9.17) is 15.6 Å². The first-order chi connectivity index (χ1) is 4.75. The van der Waals surface area contributed by atoms with Crippen LogP contribution in [0.5, 0.6) is 0 Å². The summed E-state index contributed by atoms with van der Waals surface area (Å²) >= 11 is 0. The Morgan fingerprint density at radius 3 is 2.90 bits per heavy atom. The van der Waals surface area contributed by atoms with Crippen LogP contribution >= 0.6 is 0 Å². The lowest BCUT2D eigenvalue weighted by Crippen LogP contribution is -2.30. The van der Waals surface area contributed by atoms with Gasteiger partial charge in [-0.1, -0.05) is 0 Å². The molecular formula is C6H11NO3. The number of ether oxygens (including phenoxy) is 1. The predicted octanol–water partition coefficient (Wildman–Crippen LogP) is -0.565. The van der Waals surface area contributed by atoms with E-state index in [0.29, 0.717) is 13.2 Å². The smallest absolute Gasteiger partial charge is 0.333 e. The highest BCUT2D eigenvalue weighted by molar-refractivity contribution is 5.73. The molecule has 58 valence electrons. The van der Waals surface area contributed by atoms with Gasteiger partial charge in [-0.15, -0.1) is 0 Å². The predicted molar refractivity (Wildman–Crippen MR) is 34.5 cm³/mol. The Hall–Kier alpha value is -0.610. The van der Waals surface area contributed by atoms with Crippen LogP contribution < -0.4 is 5.73 Å². The minimum Gasteiger partial charge on any atom is -0.479 e. The van der Waals surface area contributed by atoms with Crippen LogP contribution in [-0.2, 0) is 9.53 Å². The van der Waals surface area contributed by atoms with Gasteiger partial charge in [0, 0.05) is 12.5 Å². The van der Waals surface area contributed by atoms with Gasteiger partial charge in [0.25, 0.3) is 0 Å². The SMILES string of the molecule is NC[C@@H]1CCO[C@@H]1C(=O)O. The number of hydrogen-bond donors (Lipinski definition) is 2. The van der Waals surface area contributed by atoms with Crippen LogP contribution in [-0.4, -0.2) is 30.3 Å². The molecule has 1 saturated heterocycles. The van der Waals surface area contributed by atoms with Crippen LogP contribution in [0.4, 0.5) is 0 Å². The van der Waals surface area contributed by atoms with Crippen molar-refractivity contribution >= 4 is 5.97 Å². The lowest BCUT2D eigenvalue weighted by molar-refractivity contribution is -0.149. The Bertz CT molecular complexity index is 137. The molecule has 3 N–H and O–H groups in total. The second kappa shape index (κ2) is 2.98. The summed E-state index contributed by atoms with van der Waals surface area (Å²) in [5.41, 5.74) is 5.32. The van der Waals surface area contributed by atoms with E-state index in [0.717, 1.165) is 6.42 Å². The van der Waals surface area contributed by atoms with Gasteiger partial charge < -0.3 is 15.6 Å². The standard InChI is InChI=1S/C6H11NO3/c7-3-4-1-2-10-5(4)6(8)9/h4-5H,1-3,7H2,(H,8,9)/t4-,5-/m0/s1. The van der Waals surface area contributed by atoms with Gasteiger partial charge in [0.1, 0.15) is 0 Å². The van der Waals surface area contributed by atoms with E-state index in [2.05, 4.69) is 0 Å². The van der Waals surface area contributed by atoms with Crippen LogP contribution in [0, 0.1) is 5.92 Å². The van der Waals surface area contributed by atoms with Crippen molar-refractivity contribution in [2.75, 3.05) is 13.2 Å². The summed E-state index contributed by atoms with van der Waals surface area (Å²) in [4.78, 5) is 10.4. The Morgan fingerprint density at radius 2 is 2.50 bits per heavy atom. The molecule has 1 aliphatic rings. The van der Waals surface area contributed by atoms with E-state index in [1.54, 1.807) is 0 Å². The van der Waals surface area contributed by atoms with Crippen molar-refractivity contribution in [2.45, 2.75) is 12.5 Å². The van der Waals surface area contributed by atoms with Crippen molar-refractivity contribution < 1.29 is 14.6 Å². The third kappa shape index (κ3) is 1.27. The summed E-state index contributed by atoms with van der Waals surface area (Å²) in [6.45, 7) is 0.926. The van der Waals surface area contributed by atoms with Gasteiger partial charge >= 0.3 is 5.97 Å². The monoisotopic (exact) mass is 145 g/mol. The zero-order valence-corrected chi connectivity index (χ0v) is 5.62. The van der Waals surface area contributed by atoms with Crippen molar-refractivity contribution in [1.29, 1.82) is 0 Å². The summed E-state index contributed by atoms with van der Waals surface area (Å²) < 4.78 is 4.94. The van der Waals surface area contributed by atoms with E-state index in [9.17, 15) is 4.79 Å². The molecule has 10 heavy (non-hydrogen) atoms. The summed E-state index contributed by atoms with van der Waals surface area (Å²) in [7, 11) is 0. The van der Waals surface area contributed by atoms with Crippen LogP contribution in [0.2, 0.25) is 0 Å². The molecular weight excluding hydrogens is 134 g/mol. The lowest BCUT2D eigenvalue weighted by atomic mass is 10.0. The third-order valence-electron chi connectivity index (χ3n) is 1.76. The van der Waals surface area contributed by atoms with E-state index in [1.165, 1.54) is 0 Å². The van der Waals surface area contributed by atoms with Gasteiger partial charge in [-0.25, -0.2) is 4.79 Å². The summed E-state index contributed by atoms with van der Waals surface area (Å²) in [5, 5.41) is 8.53. The highest BCUT2D eigenvalue weighted by Gasteiger charge is 2.32. The molecule has 0 bridgehead atoms. The molecule has 0 aromatic carbocycles. The van der Waals surface area contributed by atoms with Gasteiger partial charge in [0.2, 0.25) is 0 Å². The highest BCUT2D eigenvalue weighted by atomic mass is 16.5. The number of aliphatic carboxylic acids is 1. The number of carboxylic acids is 1. The number of carbonyl (C=O) groups is 1. The molecule has 2 atom stereocenters. The minimum absolute atomic E-state index is 0.0116. The second-order valence-corrected chi connectivity index (χ2v) is 2.41. The maximum Gasteiger partial charge on any atom is 0.333 e. The lowest BCUT2D eigenvalue weighted by Gasteiger charge is -2.10. The molecule has 0 radical (unpaired) electrons. The van der Waals surface area contributed by atoms with Crippen molar-refractivity contribution in [1.82, 2.24) is 0 Å². The van der Waals surface area contributed by atoms with Gasteiger partial charge in [-0.05, 0) is 13.0 Å². The average Bonchev–Trinajstić information content (AvgIpc) is 2.33. The molecule has 0 aromatic heterocycles. The maximum atomic E-state index is 10.4. The normalized spacial score (nSPS) is 32.5. The van der Waals surface area contributed by atoms with Crippen LogP contribution in [0.3, 0.4) is 0 Å². The second-order valence-electron chi connectivity index (χ2n) is 2.41. The van der Waals surface area contributed by atoms with Crippen LogP contribution in [0.1, 0.15) is 6.42 Å². The van der Waals surface area contributed by atoms with Crippen molar-refractivity contribution in [3.05, 3.63) is 0 Å². The summed E-state index contributed by atoms with van der Waals surface area (Å²) in [6, 6.07) is 0. The molecule has 1 heterocycles. The van der Waals surface area contributed by atoms with E-state index in [1.807, 2.05) is 0 Å². The van der Waals surface area contributed by atoms with E-state index in [-0.39, 0.29) is 5.92 Å². The summed E-state index contributed by atoms with van der Waals surface area (Å²) in [5.74, 6) is -0.884. The number of nitrogens with two attached hydrogens (primary N) is 1. The quantitative estimate of drug-likeness (QED) is 0.546. The number of hydrogen-bond acceptors (Lipinski definition) is 3. The van der Waals surface area contributed by atoms with Crippen molar-refractivity contribution in [3.63, 3.8) is 0 Å². The van der Waals surface area contributed by atoms with Crippen LogP contribution in [0.15, 0.2) is 0 Å². The first-order valence-corrected chi connectivity index (χ1v) is 3.30. The fourth-order valence-electron chi connectivity index (χ4n) is 1.15. The van der Waals surface area contributed by atoms with E-state index >= 15 is 0 Å². The molecule has 1 fully saturated rings. The molecule has 1 aliphatic heterocycles. The Labute approximate surface area is 59.0 Å². The largest absolute Gasteiger partial charge is 0.479 e. The summed E-state index contributed by atoms with van der Waals surface area (Å²) in [6.07, 6.45) is 0.109. The first-order valence-electron chi connectivity index (χ1n) is 3.30.